The SMILES string of the molecule is COCC(=O)O[C@]1(CCN(C)CCCCn2c(=O)n(C(C)C)c3ccccc32)CCc2cc(F)ccc2[C@@H]1C(C)C. The first kappa shape index (κ1) is 31.0. The Bertz CT molecular complexity index is 1390. The summed E-state index contributed by atoms with van der Waals surface area (Å²) in [5.74, 6) is -0.430. The second-order valence-electron chi connectivity index (χ2n) is 12.2. The molecule has 1 aromatic heterocycles. The van der Waals surface area contributed by atoms with Gasteiger partial charge in [-0.25, -0.2) is 14.0 Å². The Labute approximate surface area is 243 Å². The van der Waals surface area contributed by atoms with Gasteiger partial charge in [-0.05, 0) is 94.4 Å². The Morgan fingerprint density at radius 1 is 1.10 bits per heavy atom. The van der Waals surface area contributed by atoms with E-state index in [4.69, 9.17) is 9.47 Å². The summed E-state index contributed by atoms with van der Waals surface area (Å²) in [6.45, 7) is 10.6. The van der Waals surface area contributed by atoms with Gasteiger partial charge in [-0.3, -0.25) is 9.13 Å². The van der Waals surface area contributed by atoms with Crippen molar-refractivity contribution >= 4 is 17.0 Å². The monoisotopic (exact) mass is 567 g/mol. The molecule has 0 spiro atoms. The Morgan fingerprint density at radius 3 is 2.51 bits per heavy atom. The van der Waals surface area contributed by atoms with Gasteiger partial charge >= 0.3 is 11.7 Å². The minimum absolute atomic E-state index is 0.0359. The number of rotatable bonds is 13. The molecule has 1 heterocycles. The van der Waals surface area contributed by atoms with Crippen molar-refractivity contribution in [2.24, 2.45) is 5.92 Å². The fourth-order valence-corrected chi connectivity index (χ4v) is 6.76. The second-order valence-corrected chi connectivity index (χ2v) is 12.2. The van der Waals surface area contributed by atoms with Gasteiger partial charge in [0, 0.05) is 38.6 Å². The molecule has 2 atom stereocenters. The number of imidazole rings is 1. The largest absolute Gasteiger partial charge is 0.457 e. The number of fused-ring (bicyclic) bond motifs is 2. The van der Waals surface area contributed by atoms with Crippen molar-refractivity contribution in [2.75, 3.05) is 33.9 Å². The minimum atomic E-state index is -0.686. The molecule has 8 heteroatoms. The highest BCUT2D eigenvalue weighted by Crippen LogP contribution is 2.48. The molecule has 0 fully saturated rings. The highest BCUT2D eigenvalue weighted by Gasteiger charge is 2.47. The molecule has 0 aliphatic heterocycles. The Morgan fingerprint density at radius 2 is 1.83 bits per heavy atom. The molecule has 41 heavy (non-hydrogen) atoms. The van der Waals surface area contributed by atoms with Gasteiger partial charge in [0.1, 0.15) is 18.0 Å². The predicted octanol–water partition coefficient (Wildman–Crippen LogP) is 5.94. The normalized spacial score (nSPS) is 18.9. The second kappa shape index (κ2) is 13.3. The summed E-state index contributed by atoms with van der Waals surface area (Å²) >= 11 is 0. The number of benzene rings is 2. The van der Waals surface area contributed by atoms with Crippen LogP contribution in [0.3, 0.4) is 0 Å². The zero-order chi connectivity index (χ0) is 29.7. The van der Waals surface area contributed by atoms with Crippen LogP contribution in [0.25, 0.3) is 11.0 Å². The summed E-state index contributed by atoms with van der Waals surface area (Å²) in [6.07, 6.45) is 3.82. The summed E-state index contributed by atoms with van der Waals surface area (Å²) in [4.78, 5) is 28.2. The number of carbonyl (C=O) groups excluding carboxylic acids is 1. The number of carbonyl (C=O) groups is 1. The predicted molar refractivity (Wildman–Crippen MR) is 161 cm³/mol. The summed E-state index contributed by atoms with van der Waals surface area (Å²) in [7, 11) is 3.59. The Kier molecular flexibility index (Phi) is 10.1. The number of hydrogen-bond acceptors (Lipinski definition) is 5. The van der Waals surface area contributed by atoms with Gasteiger partial charge < -0.3 is 14.4 Å². The topological polar surface area (TPSA) is 65.7 Å². The molecule has 0 radical (unpaired) electrons. The number of hydrogen-bond donors (Lipinski definition) is 0. The molecule has 4 rings (SSSR count). The van der Waals surface area contributed by atoms with Crippen LogP contribution in [0.5, 0.6) is 0 Å². The van der Waals surface area contributed by atoms with E-state index < -0.39 is 5.60 Å². The fourth-order valence-electron chi connectivity index (χ4n) is 6.76. The van der Waals surface area contributed by atoms with E-state index in [1.54, 1.807) is 6.07 Å². The van der Waals surface area contributed by atoms with E-state index in [2.05, 4.69) is 25.8 Å². The number of para-hydroxylation sites is 2. The van der Waals surface area contributed by atoms with Crippen molar-refractivity contribution in [1.82, 2.24) is 14.0 Å². The number of esters is 1. The third-order valence-corrected chi connectivity index (χ3v) is 8.54. The van der Waals surface area contributed by atoms with Crippen LogP contribution in [-0.4, -0.2) is 59.5 Å². The third kappa shape index (κ3) is 6.75. The molecule has 0 saturated heterocycles. The first-order chi connectivity index (χ1) is 19.6. The number of halogens is 1. The van der Waals surface area contributed by atoms with Gasteiger partial charge in [-0.1, -0.05) is 32.0 Å². The maximum absolute atomic E-state index is 14.0. The lowest BCUT2D eigenvalue weighted by atomic mass is 9.65. The molecule has 0 N–H and O–H groups in total. The first-order valence-electron chi connectivity index (χ1n) is 15.0. The zero-order valence-electron chi connectivity index (χ0n) is 25.5. The highest BCUT2D eigenvalue weighted by atomic mass is 19.1. The van der Waals surface area contributed by atoms with Crippen molar-refractivity contribution in [3.05, 3.63) is 69.9 Å². The van der Waals surface area contributed by atoms with Crippen molar-refractivity contribution in [3.63, 3.8) is 0 Å². The van der Waals surface area contributed by atoms with Crippen LogP contribution in [0, 0.1) is 11.7 Å². The summed E-state index contributed by atoms with van der Waals surface area (Å²) in [5.41, 5.74) is 3.41. The van der Waals surface area contributed by atoms with Gasteiger partial charge in [-0.2, -0.15) is 0 Å². The number of aryl methyl sites for hydroxylation is 2. The summed E-state index contributed by atoms with van der Waals surface area (Å²) in [5, 5.41) is 0. The van der Waals surface area contributed by atoms with Crippen LogP contribution in [-0.2, 0) is 27.2 Å². The molecule has 0 saturated carbocycles. The molecule has 7 nitrogen and oxygen atoms in total. The molecule has 1 aliphatic carbocycles. The van der Waals surface area contributed by atoms with E-state index in [0.29, 0.717) is 25.8 Å². The summed E-state index contributed by atoms with van der Waals surface area (Å²) in [6, 6.07) is 13.1. The Balaban J connectivity index is 1.43. The van der Waals surface area contributed by atoms with E-state index in [1.807, 2.05) is 53.3 Å². The standard InChI is InChI=1S/C33H46FN3O4/c1-23(2)31-27-14-13-26(34)21-25(27)15-16-33(31,41-30(38)22-40-6)17-20-35(5)18-9-10-19-36-28-11-7-8-12-29(28)37(24(3)4)32(36)39/h7-8,11-14,21,23-24,31H,9-10,15-20,22H2,1-6H3/t31-,33-/m0/s1. The molecule has 224 valence electrons. The number of aromatic nitrogens is 2. The van der Waals surface area contributed by atoms with E-state index in [0.717, 1.165) is 48.1 Å². The lowest BCUT2D eigenvalue weighted by molar-refractivity contribution is -0.172. The van der Waals surface area contributed by atoms with Gasteiger partial charge in [0.15, 0.2) is 0 Å². The van der Waals surface area contributed by atoms with Crippen LogP contribution in [0.15, 0.2) is 47.3 Å². The van der Waals surface area contributed by atoms with Crippen LogP contribution >= 0.6 is 0 Å². The molecule has 0 bridgehead atoms. The van der Waals surface area contributed by atoms with Crippen LogP contribution in [0.4, 0.5) is 4.39 Å². The van der Waals surface area contributed by atoms with Crippen LogP contribution in [0.1, 0.15) is 76.5 Å². The lowest BCUT2D eigenvalue weighted by Crippen LogP contribution is -2.49. The van der Waals surface area contributed by atoms with Gasteiger partial charge in [0.2, 0.25) is 0 Å². The van der Waals surface area contributed by atoms with E-state index in [1.165, 1.54) is 13.2 Å². The quantitative estimate of drug-likeness (QED) is 0.189. The van der Waals surface area contributed by atoms with E-state index >= 15 is 0 Å². The average molecular weight is 568 g/mol. The van der Waals surface area contributed by atoms with Gasteiger partial charge in [0.05, 0.1) is 11.0 Å². The molecule has 1 aliphatic rings. The number of nitrogens with zero attached hydrogens (tertiary/aromatic N) is 3. The molecular formula is C33H46FN3O4. The number of unbranched alkanes of at least 4 members (excludes halogenated alkanes) is 1. The fraction of sp³-hybridized carbons (Fsp3) is 0.576. The third-order valence-electron chi connectivity index (χ3n) is 8.54. The average Bonchev–Trinajstić information content (AvgIpc) is 3.21. The summed E-state index contributed by atoms with van der Waals surface area (Å²) < 4.78 is 29.2. The van der Waals surface area contributed by atoms with Crippen molar-refractivity contribution in [2.45, 2.75) is 83.9 Å². The van der Waals surface area contributed by atoms with Crippen LogP contribution < -0.4 is 5.69 Å². The van der Waals surface area contributed by atoms with Crippen molar-refractivity contribution in [3.8, 4) is 0 Å². The maximum atomic E-state index is 14.0. The number of methoxy groups -OCH3 is 1. The van der Waals surface area contributed by atoms with E-state index in [-0.39, 0.29) is 42.0 Å². The number of ether oxygens (including phenoxy) is 2. The maximum Gasteiger partial charge on any atom is 0.332 e. The Hall–Kier alpha value is -2.97. The molecule has 2 aromatic carbocycles. The first-order valence-corrected chi connectivity index (χ1v) is 15.0. The molecule has 0 unspecified atom stereocenters. The minimum Gasteiger partial charge on any atom is -0.457 e. The smallest absolute Gasteiger partial charge is 0.332 e. The van der Waals surface area contributed by atoms with Crippen LogP contribution in [0.2, 0.25) is 0 Å². The van der Waals surface area contributed by atoms with Crippen molar-refractivity contribution < 1.29 is 18.7 Å². The van der Waals surface area contributed by atoms with Crippen molar-refractivity contribution in [1.29, 1.82) is 0 Å². The highest BCUT2D eigenvalue weighted by molar-refractivity contribution is 5.76. The molecule has 3 aromatic rings. The lowest BCUT2D eigenvalue weighted by Gasteiger charge is -2.47. The van der Waals surface area contributed by atoms with Gasteiger partial charge in [0.25, 0.3) is 0 Å². The van der Waals surface area contributed by atoms with E-state index in [9.17, 15) is 14.0 Å². The molecule has 0 amide bonds. The zero-order valence-corrected chi connectivity index (χ0v) is 25.5. The molecular weight excluding hydrogens is 521 g/mol. The van der Waals surface area contributed by atoms with Gasteiger partial charge in [-0.15, -0.1) is 0 Å².